The predicted molar refractivity (Wildman–Crippen MR) is 61.7 cm³/mol. The molecule has 0 saturated carbocycles. The first kappa shape index (κ1) is 11.6. The SMILES string of the molecule is CC1(O)CCNCC1Cc1ccc(F)cc1. The molecule has 3 heteroatoms. The molecule has 1 aliphatic heterocycles. The summed E-state index contributed by atoms with van der Waals surface area (Å²) in [4.78, 5) is 0. The molecule has 1 aliphatic rings. The van der Waals surface area contributed by atoms with Gasteiger partial charge in [0, 0.05) is 12.5 Å². The molecule has 1 saturated heterocycles. The summed E-state index contributed by atoms with van der Waals surface area (Å²) in [5.74, 6) is -0.0102. The molecular weight excluding hydrogens is 205 g/mol. The quantitative estimate of drug-likeness (QED) is 0.800. The van der Waals surface area contributed by atoms with Crippen LogP contribution >= 0.6 is 0 Å². The van der Waals surface area contributed by atoms with E-state index in [0.29, 0.717) is 0 Å². The molecular formula is C13H18FNO. The fraction of sp³-hybridized carbons (Fsp3) is 0.538. The summed E-state index contributed by atoms with van der Waals surface area (Å²) >= 11 is 0. The molecule has 0 amide bonds. The van der Waals surface area contributed by atoms with Crippen molar-refractivity contribution in [1.29, 1.82) is 0 Å². The number of rotatable bonds is 2. The first-order valence-electron chi connectivity index (χ1n) is 5.75. The summed E-state index contributed by atoms with van der Waals surface area (Å²) in [6.45, 7) is 3.58. The lowest BCUT2D eigenvalue weighted by molar-refractivity contribution is -0.0234. The van der Waals surface area contributed by atoms with E-state index in [-0.39, 0.29) is 11.7 Å². The number of nitrogens with one attached hydrogen (secondary N) is 1. The summed E-state index contributed by atoms with van der Waals surface area (Å²) in [5.41, 5.74) is 0.468. The standard InChI is InChI=1S/C13H18FNO/c1-13(16)6-7-15-9-11(13)8-10-2-4-12(14)5-3-10/h2-5,11,15-16H,6-9H2,1H3. The average Bonchev–Trinajstić information content (AvgIpc) is 2.24. The number of halogens is 1. The lowest BCUT2D eigenvalue weighted by Crippen LogP contribution is -2.49. The summed E-state index contributed by atoms with van der Waals surface area (Å²) in [6, 6.07) is 6.53. The smallest absolute Gasteiger partial charge is 0.123 e. The van der Waals surface area contributed by atoms with Gasteiger partial charge < -0.3 is 10.4 Å². The second kappa shape index (κ2) is 4.52. The van der Waals surface area contributed by atoms with Crippen molar-refractivity contribution in [1.82, 2.24) is 5.32 Å². The molecule has 2 nitrogen and oxygen atoms in total. The van der Waals surface area contributed by atoms with E-state index in [4.69, 9.17) is 0 Å². The van der Waals surface area contributed by atoms with Crippen LogP contribution in [-0.4, -0.2) is 23.8 Å². The Kier molecular flexibility index (Phi) is 3.26. The van der Waals surface area contributed by atoms with Crippen LogP contribution in [0.4, 0.5) is 4.39 Å². The predicted octanol–water partition coefficient (Wildman–Crippen LogP) is 1.73. The maximum atomic E-state index is 12.8. The summed E-state index contributed by atoms with van der Waals surface area (Å²) in [5, 5.41) is 13.5. The van der Waals surface area contributed by atoms with Gasteiger partial charge in [-0.15, -0.1) is 0 Å². The normalized spacial score (nSPS) is 30.3. The molecule has 0 bridgehead atoms. The van der Waals surface area contributed by atoms with E-state index in [2.05, 4.69) is 5.32 Å². The summed E-state index contributed by atoms with van der Waals surface area (Å²) in [6.07, 6.45) is 1.57. The van der Waals surface area contributed by atoms with Crippen LogP contribution in [0.2, 0.25) is 0 Å². The van der Waals surface area contributed by atoms with Crippen LogP contribution in [0.15, 0.2) is 24.3 Å². The van der Waals surface area contributed by atoms with Crippen molar-refractivity contribution in [2.45, 2.75) is 25.4 Å². The van der Waals surface area contributed by atoms with Crippen molar-refractivity contribution in [3.63, 3.8) is 0 Å². The van der Waals surface area contributed by atoms with Crippen LogP contribution in [0.1, 0.15) is 18.9 Å². The Morgan fingerprint density at radius 3 is 2.75 bits per heavy atom. The second-order valence-corrected chi connectivity index (χ2v) is 4.84. The summed E-state index contributed by atoms with van der Waals surface area (Å²) < 4.78 is 12.8. The highest BCUT2D eigenvalue weighted by Crippen LogP contribution is 2.27. The number of hydrogen-bond acceptors (Lipinski definition) is 2. The second-order valence-electron chi connectivity index (χ2n) is 4.84. The van der Waals surface area contributed by atoms with Crippen molar-refractivity contribution in [3.8, 4) is 0 Å². The third-order valence-corrected chi connectivity index (χ3v) is 3.47. The number of hydrogen-bond donors (Lipinski definition) is 2. The van der Waals surface area contributed by atoms with Gasteiger partial charge in [-0.25, -0.2) is 4.39 Å². The molecule has 1 aromatic carbocycles. The van der Waals surface area contributed by atoms with Crippen molar-refractivity contribution in [3.05, 3.63) is 35.6 Å². The fourth-order valence-corrected chi connectivity index (χ4v) is 2.24. The van der Waals surface area contributed by atoms with E-state index < -0.39 is 5.60 Å². The maximum Gasteiger partial charge on any atom is 0.123 e. The van der Waals surface area contributed by atoms with Gasteiger partial charge in [-0.2, -0.15) is 0 Å². The Balaban J connectivity index is 2.05. The molecule has 0 aliphatic carbocycles. The minimum Gasteiger partial charge on any atom is -0.390 e. The van der Waals surface area contributed by atoms with Crippen LogP contribution < -0.4 is 5.32 Å². The average molecular weight is 223 g/mol. The molecule has 0 radical (unpaired) electrons. The zero-order valence-corrected chi connectivity index (χ0v) is 9.54. The van der Waals surface area contributed by atoms with E-state index >= 15 is 0 Å². The van der Waals surface area contributed by atoms with Gasteiger partial charge in [-0.3, -0.25) is 0 Å². The van der Waals surface area contributed by atoms with Gasteiger partial charge in [0.1, 0.15) is 5.82 Å². The maximum absolute atomic E-state index is 12.8. The lowest BCUT2D eigenvalue weighted by Gasteiger charge is -2.37. The molecule has 2 atom stereocenters. The van der Waals surface area contributed by atoms with Gasteiger partial charge in [0.25, 0.3) is 0 Å². The fourth-order valence-electron chi connectivity index (χ4n) is 2.24. The van der Waals surface area contributed by atoms with Crippen LogP contribution in [0.3, 0.4) is 0 Å². The number of benzene rings is 1. The van der Waals surface area contributed by atoms with Crippen LogP contribution in [0.25, 0.3) is 0 Å². The van der Waals surface area contributed by atoms with Crippen molar-refractivity contribution in [2.24, 2.45) is 5.92 Å². The van der Waals surface area contributed by atoms with E-state index in [1.54, 1.807) is 12.1 Å². The molecule has 2 unspecified atom stereocenters. The molecule has 1 aromatic rings. The van der Waals surface area contributed by atoms with Crippen molar-refractivity contribution in [2.75, 3.05) is 13.1 Å². The Bertz CT molecular complexity index is 347. The molecule has 0 spiro atoms. The van der Waals surface area contributed by atoms with Gasteiger partial charge in [0.2, 0.25) is 0 Å². The highest BCUT2D eigenvalue weighted by atomic mass is 19.1. The van der Waals surface area contributed by atoms with E-state index in [0.717, 1.165) is 31.5 Å². The Labute approximate surface area is 95.5 Å². The summed E-state index contributed by atoms with van der Waals surface area (Å²) in [7, 11) is 0. The van der Waals surface area contributed by atoms with Crippen LogP contribution in [-0.2, 0) is 6.42 Å². The van der Waals surface area contributed by atoms with Gasteiger partial charge in [-0.05, 0) is 44.0 Å². The number of piperidine rings is 1. The molecule has 1 heterocycles. The van der Waals surface area contributed by atoms with Gasteiger partial charge >= 0.3 is 0 Å². The zero-order chi connectivity index (χ0) is 11.6. The minimum absolute atomic E-state index is 0.201. The van der Waals surface area contributed by atoms with E-state index in [1.807, 2.05) is 6.92 Å². The molecule has 2 rings (SSSR count). The van der Waals surface area contributed by atoms with Crippen molar-refractivity contribution < 1.29 is 9.50 Å². The Morgan fingerprint density at radius 1 is 1.44 bits per heavy atom. The third kappa shape index (κ3) is 2.60. The highest BCUT2D eigenvalue weighted by molar-refractivity contribution is 5.17. The van der Waals surface area contributed by atoms with Gasteiger partial charge in [0.15, 0.2) is 0 Å². The molecule has 0 aromatic heterocycles. The first-order valence-corrected chi connectivity index (χ1v) is 5.75. The number of aliphatic hydroxyl groups is 1. The van der Waals surface area contributed by atoms with Crippen LogP contribution in [0, 0.1) is 11.7 Å². The van der Waals surface area contributed by atoms with E-state index in [1.165, 1.54) is 12.1 Å². The first-order chi connectivity index (χ1) is 7.58. The topological polar surface area (TPSA) is 32.3 Å². The minimum atomic E-state index is -0.611. The Morgan fingerprint density at radius 2 is 2.12 bits per heavy atom. The monoisotopic (exact) mass is 223 g/mol. The Hall–Kier alpha value is -0.930. The third-order valence-electron chi connectivity index (χ3n) is 3.47. The molecule has 2 N–H and O–H groups in total. The molecule has 1 fully saturated rings. The van der Waals surface area contributed by atoms with Gasteiger partial charge in [0.05, 0.1) is 5.60 Å². The lowest BCUT2D eigenvalue weighted by atomic mass is 9.79. The van der Waals surface area contributed by atoms with E-state index in [9.17, 15) is 9.50 Å². The largest absolute Gasteiger partial charge is 0.390 e. The van der Waals surface area contributed by atoms with Crippen molar-refractivity contribution >= 4 is 0 Å². The highest BCUT2D eigenvalue weighted by Gasteiger charge is 2.34. The van der Waals surface area contributed by atoms with Crippen LogP contribution in [0.5, 0.6) is 0 Å². The zero-order valence-electron chi connectivity index (χ0n) is 9.54. The molecule has 16 heavy (non-hydrogen) atoms. The molecule has 88 valence electrons. The van der Waals surface area contributed by atoms with Gasteiger partial charge in [-0.1, -0.05) is 12.1 Å².